The average Bonchev–Trinajstić information content (AvgIpc) is 3.32. The van der Waals surface area contributed by atoms with Crippen LogP contribution < -0.4 is 10.9 Å². The predicted molar refractivity (Wildman–Crippen MR) is 102 cm³/mol. The van der Waals surface area contributed by atoms with Crippen LogP contribution in [0.1, 0.15) is 35.4 Å². The molecule has 0 fully saturated rings. The van der Waals surface area contributed by atoms with Gasteiger partial charge in [0.05, 0.1) is 0 Å². The van der Waals surface area contributed by atoms with E-state index in [0.29, 0.717) is 11.5 Å². The summed E-state index contributed by atoms with van der Waals surface area (Å²) in [6.45, 7) is 0.519. The summed E-state index contributed by atoms with van der Waals surface area (Å²) in [6, 6.07) is 5.82. The molecule has 0 radical (unpaired) electrons. The van der Waals surface area contributed by atoms with Crippen LogP contribution in [0.4, 0.5) is 0 Å². The Balaban J connectivity index is 1.24. The summed E-state index contributed by atoms with van der Waals surface area (Å²) in [5.74, 6) is 0.564. The molecule has 4 rings (SSSR count). The molecule has 0 aliphatic heterocycles. The van der Waals surface area contributed by atoms with E-state index < -0.39 is 0 Å². The van der Waals surface area contributed by atoms with Crippen LogP contribution in [0.3, 0.4) is 0 Å². The van der Waals surface area contributed by atoms with E-state index in [0.717, 1.165) is 37.2 Å². The number of carbonyl (C=O) groups excluding carboxylic acids is 1. The molecule has 1 amide bonds. The van der Waals surface area contributed by atoms with Gasteiger partial charge in [-0.05, 0) is 25.0 Å². The molecule has 27 heavy (non-hydrogen) atoms. The van der Waals surface area contributed by atoms with Gasteiger partial charge in [0.25, 0.3) is 11.5 Å². The van der Waals surface area contributed by atoms with Gasteiger partial charge in [0, 0.05) is 36.9 Å². The van der Waals surface area contributed by atoms with Gasteiger partial charge in [-0.25, -0.2) is 4.98 Å². The van der Waals surface area contributed by atoms with Gasteiger partial charge in [0.1, 0.15) is 11.4 Å². The van der Waals surface area contributed by atoms with Gasteiger partial charge >= 0.3 is 0 Å². The Bertz CT molecular complexity index is 1150. The van der Waals surface area contributed by atoms with Gasteiger partial charge in [-0.2, -0.15) is 0 Å². The van der Waals surface area contributed by atoms with Crippen molar-refractivity contribution in [2.45, 2.75) is 25.7 Å². The first-order valence-electron chi connectivity index (χ1n) is 8.76. The second-order valence-corrected chi connectivity index (χ2v) is 7.02. The number of hydrogen-bond donors (Lipinski definition) is 1. The second kappa shape index (κ2) is 7.67. The molecular weight excluding hydrogens is 364 g/mol. The summed E-state index contributed by atoms with van der Waals surface area (Å²) in [7, 11) is 0. The Hall–Kier alpha value is -3.07. The number of carbonyl (C=O) groups is 1. The Morgan fingerprint density at radius 3 is 2.96 bits per heavy atom. The van der Waals surface area contributed by atoms with Gasteiger partial charge in [-0.3, -0.25) is 18.4 Å². The summed E-state index contributed by atoms with van der Waals surface area (Å²) in [6.07, 6.45) is 8.50. The van der Waals surface area contributed by atoms with Gasteiger partial charge in [-0.1, -0.05) is 12.5 Å². The van der Waals surface area contributed by atoms with Crippen molar-refractivity contribution in [3.63, 3.8) is 0 Å². The fourth-order valence-corrected chi connectivity index (χ4v) is 3.60. The van der Waals surface area contributed by atoms with Crippen molar-refractivity contribution >= 4 is 27.9 Å². The van der Waals surface area contributed by atoms with E-state index in [9.17, 15) is 9.59 Å². The van der Waals surface area contributed by atoms with E-state index in [1.165, 1.54) is 21.9 Å². The lowest BCUT2D eigenvalue weighted by Crippen LogP contribution is -2.31. The van der Waals surface area contributed by atoms with Crippen molar-refractivity contribution in [1.29, 1.82) is 0 Å². The topological polar surface area (TPSA) is 93.7 Å². The van der Waals surface area contributed by atoms with Crippen molar-refractivity contribution in [2.75, 3.05) is 6.54 Å². The van der Waals surface area contributed by atoms with E-state index in [2.05, 4.69) is 20.5 Å². The molecule has 4 aromatic heterocycles. The third kappa shape index (κ3) is 3.59. The van der Waals surface area contributed by atoms with E-state index >= 15 is 0 Å². The molecule has 0 saturated heterocycles. The minimum Gasteiger partial charge on any atom is -0.352 e. The van der Waals surface area contributed by atoms with Crippen LogP contribution >= 0.6 is 11.3 Å². The number of aromatic nitrogens is 5. The smallest absolute Gasteiger partial charge is 0.271 e. The van der Waals surface area contributed by atoms with Gasteiger partial charge < -0.3 is 5.32 Å². The Morgan fingerprint density at radius 1 is 1.11 bits per heavy atom. The molecule has 1 N–H and O–H groups in total. The molecule has 0 saturated carbocycles. The molecule has 0 aliphatic carbocycles. The standard InChI is InChI=1S/C18H18N6O2S/c25-16(13-12-20-18-24(17(13)26)10-11-27-18)19-8-4-1-2-6-14-21-22-15-7-3-5-9-23(14)15/h3,5,7,9-12H,1-2,4,6,8H2,(H,19,25). The first-order chi connectivity index (χ1) is 13.2. The normalized spacial score (nSPS) is 11.3. The van der Waals surface area contributed by atoms with E-state index in [-0.39, 0.29) is 17.0 Å². The highest BCUT2D eigenvalue weighted by molar-refractivity contribution is 7.15. The molecule has 0 aromatic carbocycles. The van der Waals surface area contributed by atoms with Crippen molar-refractivity contribution in [2.24, 2.45) is 0 Å². The van der Waals surface area contributed by atoms with Crippen LogP contribution in [0.5, 0.6) is 0 Å². The number of unbranched alkanes of at least 4 members (excludes halogenated alkanes) is 2. The molecular formula is C18H18N6O2S. The summed E-state index contributed by atoms with van der Waals surface area (Å²) >= 11 is 1.36. The average molecular weight is 382 g/mol. The van der Waals surface area contributed by atoms with Crippen LogP contribution in [-0.2, 0) is 6.42 Å². The number of nitrogens with one attached hydrogen (secondary N) is 1. The number of aryl methyl sites for hydroxylation is 1. The quantitative estimate of drug-likeness (QED) is 0.493. The van der Waals surface area contributed by atoms with Crippen molar-refractivity contribution in [1.82, 2.24) is 29.3 Å². The molecule has 0 bridgehead atoms. The third-order valence-electron chi connectivity index (χ3n) is 4.33. The molecule has 0 spiro atoms. The number of hydrogen-bond acceptors (Lipinski definition) is 6. The van der Waals surface area contributed by atoms with Crippen molar-refractivity contribution < 1.29 is 4.79 Å². The SMILES string of the molecule is O=C(NCCCCCc1nnc2ccccn12)c1cnc2sccn2c1=O. The lowest BCUT2D eigenvalue weighted by Gasteiger charge is -2.05. The largest absolute Gasteiger partial charge is 0.352 e. The maximum absolute atomic E-state index is 12.3. The molecule has 8 nitrogen and oxygen atoms in total. The van der Waals surface area contributed by atoms with E-state index in [1.807, 2.05) is 28.8 Å². The molecule has 4 heterocycles. The maximum atomic E-state index is 12.3. The Morgan fingerprint density at radius 2 is 2.04 bits per heavy atom. The summed E-state index contributed by atoms with van der Waals surface area (Å²) in [5.41, 5.74) is 0.584. The molecule has 0 unspecified atom stereocenters. The summed E-state index contributed by atoms with van der Waals surface area (Å²) in [5, 5.41) is 12.9. The highest BCUT2D eigenvalue weighted by Crippen LogP contribution is 2.08. The minimum atomic E-state index is -0.378. The second-order valence-electron chi connectivity index (χ2n) is 6.14. The molecule has 9 heteroatoms. The lowest BCUT2D eigenvalue weighted by molar-refractivity contribution is 0.0951. The number of thiazole rings is 1. The third-order valence-corrected chi connectivity index (χ3v) is 5.11. The first kappa shape index (κ1) is 17.3. The lowest BCUT2D eigenvalue weighted by atomic mass is 10.2. The number of pyridine rings is 1. The molecule has 4 aromatic rings. The zero-order chi connectivity index (χ0) is 18.6. The number of fused-ring (bicyclic) bond motifs is 2. The monoisotopic (exact) mass is 382 g/mol. The van der Waals surface area contributed by atoms with E-state index in [4.69, 9.17) is 0 Å². The van der Waals surface area contributed by atoms with Gasteiger partial charge in [-0.15, -0.1) is 21.5 Å². The predicted octanol–water partition coefficient (Wildman–Crippen LogP) is 1.94. The van der Waals surface area contributed by atoms with E-state index in [1.54, 1.807) is 11.6 Å². The Kier molecular flexibility index (Phi) is 4.93. The van der Waals surface area contributed by atoms with Crippen LogP contribution in [0.25, 0.3) is 10.6 Å². The van der Waals surface area contributed by atoms with Gasteiger partial charge in [0.2, 0.25) is 0 Å². The van der Waals surface area contributed by atoms with Crippen molar-refractivity contribution in [3.05, 3.63) is 63.9 Å². The van der Waals surface area contributed by atoms with Crippen LogP contribution in [0.15, 0.2) is 47.0 Å². The molecule has 138 valence electrons. The summed E-state index contributed by atoms with van der Waals surface area (Å²) < 4.78 is 3.38. The first-order valence-corrected chi connectivity index (χ1v) is 9.64. The van der Waals surface area contributed by atoms with Crippen LogP contribution in [0, 0.1) is 0 Å². The van der Waals surface area contributed by atoms with Crippen LogP contribution in [-0.4, -0.2) is 36.4 Å². The summed E-state index contributed by atoms with van der Waals surface area (Å²) in [4.78, 5) is 29.2. The number of amides is 1. The van der Waals surface area contributed by atoms with Crippen molar-refractivity contribution in [3.8, 4) is 0 Å². The Labute approximate surface area is 158 Å². The fourth-order valence-electron chi connectivity index (χ4n) is 2.92. The fraction of sp³-hybridized carbons (Fsp3) is 0.278. The zero-order valence-electron chi connectivity index (χ0n) is 14.5. The minimum absolute atomic E-state index is 0.0702. The highest BCUT2D eigenvalue weighted by Gasteiger charge is 2.13. The van der Waals surface area contributed by atoms with Gasteiger partial charge in [0.15, 0.2) is 10.6 Å². The van der Waals surface area contributed by atoms with Crippen LogP contribution in [0.2, 0.25) is 0 Å². The highest BCUT2D eigenvalue weighted by atomic mass is 32.1. The maximum Gasteiger partial charge on any atom is 0.271 e. The molecule has 0 atom stereocenters. The number of nitrogens with zero attached hydrogens (tertiary/aromatic N) is 5. The molecule has 0 aliphatic rings. The number of rotatable bonds is 7. The zero-order valence-corrected chi connectivity index (χ0v) is 15.4.